The van der Waals surface area contributed by atoms with Crippen LogP contribution >= 0.6 is 11.3 Å². The largest absolute Gasteiger partial charge is 0.506 e. The molecule has 0 aliphatic carbocycles. The first kappa shape index (κ1) is 13.4. The second-order valence-electron chi connectivity index (χ2n) is 4.38. The van der Waals surface area contributed by atoms with Crippen molar-refractivity contribution in [1.82, 2.24) is 14.6 Å². The highest BCUT2D eigenvalue weighted by atomic mass is 32.1. The number of carbonyl (C=O) groups excluding carboxylic acids is 1. The molecule has 0 fully saturated rings. The Balaban J connectivity index is 1.93. The number of anilines is 1. The molecule has 0 unspecified atom stereocenters. The number of rotatable bonds is 3. The minimum Gasteiger partial charge on any atom is -0.506 e. The van der Waals surface area contributed by atoms with Gasteiger partial charge in [0.25, 0.3) is 11.1 Å². The molecule has 2 aromatic heterocycles. The molecule has 0 saturated heterocycles. The second kappa shape index (κ2) is 5.06. The Morgan fingerprint density at radius 1 is 1.48 bits per heavy atom. The fourth-order valence-electron chi connectivity index (χ4n) is 1.85. The van der Waals surface area contributed by atoms with Crippen molar-refractivity contribution >= 4 is 27.9 Å². The Labute approximate surface area is 123 Å². The monoisotopic (exact) mass is 304 g/mol. The average molecular weight is 304 g/mol. The van der Waals surface area contributed by atoms with E-state index in [1.54, 1.807) is 12.1 Å². The summed E-state index contributed by atoms with van der Waals surface area (Å²) in [5.41, 5.74) is 1.54. The predicted molar refractivity (Wildman–Crippen MR) is 78.2 cm³/mol. The van der Waals surface area contributed by atoms with E-state index in [1.807, 2.05) is 6.92 Å². The van der Waals surface area contributed by atoms with Crippen molar-refractivity contribution in [3.8, 4) is 10.9 Å². The van der Waals surface area contributed by atoms with E-state index >= 15 is 0 Å². The molecule has 1 aromatic carbocycles. The van der Waals surface area contributed by atoms with Crippen molar-refractivity contribution in [2.24, 2.45) is 0 Å². The molecule has 2 heterocycles. The lowest BCUT2D eigenvalue weighted by Gasteiger charge is -2.07. The zero-order valence-corrected chi connectivity index (χ0v) is 12.1. The van der Waals surface area contributed by atoms with E-state index in [0.29, 0.717) is 15.8 Å². The minimum absolute atomic E-state index is 0.00516. The predicted octanol–water partition coefficient (Wildman–Crippen LogP) is 2.07. The van der Waals surface area contributed by atoms with Gasteiger partial charge in [-0.2, -0.15) is 4.52 Å². The second-order valence-corrected chi connectivity index (χ2v) is 5.30. The van der Waals surface area contributed by atoms with Crippen molar-refractivity contribution in [2.75, 3.05) is 12.4 Å². The first-order chi connectivity index (χ1) is 10.1. The number of hydrogen-bond acceptors (Lipinski definition) is 6. The molecule has 108 valence electrons. The summed E-state index contributed by atoms with van der Waals surface area (Å²) in [6.45, 7) is 1.87. The third-order valence-corrected chi connectivity index (χ3v) is 3.76. The summed E-state index contributed by atoms with van der Waals surface area (Å²) in [5.74, 6) is -0.401. The lowest BCUT2D eigenvalue weighted by molar-refractivity contribution is 0.102. The van der Waals surface area contributed by atoms with E-state index in [4.69, 9.17) is 4.74 Å². The number of imidazole rings is 1. The molecular weight excluding hydrogens is 292 g/mol. The van der Waals surface area contributed by atoms with Gasteiger partial charge >= 0.3 is 0 Å². The van der Waals surface area contributed by atoms with E-state index in [0.717, 1.165) is 5.56 Å². The van der Waals surface area contributed by atoms with E-state index in [2.05, 4.69) is 15.4 Å². The minimum atomic E-state index is -0.406. The van der Waals surface area contributed by atoms with Gasteiger partial charge in [-0.3, -0.25) is 4.79 Å². The first-order valence-electron chi connectivity index (χ1n) is 6.08. The highest BCUT2D eigenvalue weighted by Crippen LogP contribution is 2.25. The molecule has 0 aliphatic rings. The Morgan fingerprint density at radius 3 is 3.05 bits per heavy atom. The quantitative estimate of drug-likeness (QED) is 0.723. The topological polar surface area (TPSA) is 88.8 Å². The number of nitrogens with one attached hydrogen (secondary N) is 1. The zero-order valence-electron chi connectivity index (χ0n) is 11.3. The molecule has 8 heteroatoms. The highest BCUT2D eigenvalue weighted by Gasteiger charge is 2.17. The number of ether oxygens (including phenoxy) is 1. The highest BCUT2D eigenvalue weighted by molar-refractivity contribution is 7.18. The summed E-state index contributed by atoms with van der Waals surface area (Å²) in [5, 5.41) is 17.0. The maximum Gasteiger partial charge on any atom is 0.294 e. The number of phenols is 1. The van der Waals surface area contributed by atoms with Gasteiger partial charge in [0.1, 0.15) is 5.75 Å². The molecule has 0 atom stereocenters. The number of benzene rings is 1. The molecule has 0 saturated carbocycles. The van der Waals surface area contributed by atoms with Gasteiger partial charge in [-0.15, -0.1) is 5.10 Å². The summed E-state index contributed by atoms with van der Waals surface area (Å²) >= 11 is 1.24. The molecule has 3 rings (SSSR count). The van der Waals surface area contributed by atoms with Crippen molar-refractivity contribution in [3.05, 3.63) is 35.7 Å². The molecule has 2 N–H and O–H groups in total. The molecule has 0 aliphatic heterocycles. The standard InChI is InChI=1S/C13H12N4O3S/c1-7-3-4-10(18)8(5-7)15-11(19)9-6-14-12-17(9)16-13(20-2)21-12/h3-6,18H,1-2H3,(H,15,19). The van der Waals surface area contributed by atoms with E-state index in [1.165, 1.54) is 35.2 Å². The summed E-state index contributed by atoms with van der Waals surface area (Å²) in [6.07, 6.45) is 1.43. The van der Waals surface area contributed by atoms with Gasteiger partial charge in [0.05, 0.1) is 19.0 Å². The van der Waals surface area contributed by atoms with E-state index in [9.17, 15) is 9.90 Å². The Bertz CT molecular complexity index is 824. The van der Waals surface area contributed by atoms with Crippen LogP contribution in [-0.4, -0.2) is 32.7 Å². The van der Waals surface area contributed by atoms with Crippen LogP contribution in [0.1, 0.15) is 16.1 Å². The molecule has 0 bridgehead atoms. The SMILES string of the molecule is COc1nn2c(C(=O)Nc3cc(C)ccc3O)cnc2s1. The van der Waals surface area contributed by atoms with Crippen molar-refractivity contribution < 1.29 is 14.6 Å². The van der Waals surface area contributed by atoms with Gasteiger partial charge in [0, 0.05) is 0 Å². The third kappa shape index (κ3) is 2.40. The van der Waals surface area contributed by atoms with Crippen LogP contribution in [-0.2, 0) is 0 Å². The number of fused-ring (bicyclic) bond motifs is 1. The van der Waals surface area contributed by atoms with Crippen molar-refractivity contribution in [3.63, 3.8) is 0 Å². The fourth-order valence-corrected chi connectivity index (χ4v) is 2.54. The van der Waals surface area contributed by atoms with Gasteiger partial charge in [0.2, 0.25) is 4.96 Å². The van der Waals surface area contributed by atoms with Crippen LogP contribution in [0.4, 0.5) is 5.69 Å². The maximum absolute atomic E-state index is 12.3. The fraction of sp³-hybridized carbons (Fsp3) is 0.154. The van der Waals surface area contributed by atoms with E-state index in [-0.39, 0.29) is 11.4 Å². The lowest BCUT2D eigenvalue weighted by atomic mass is 10.2. The maximum atomic E-state index is 12.3. The van der Waals surface area contributed by atoms with Crippen LogP contribution in [0.2, 0.25) is 0 Å². The summed E-state index contributed by atoms with van der Waals surface area (Å²) < 4.78 is 6.43. The van der Waals surface area contributed by atoms with Crippen molar-refractivity contribution in [2.45, 2.75) is 6.92 Å². The molecule has 3 aromatic rings. The third-order valence-electron chi connectivity index (χ3n) is 2.87. The number of aromatic hydroxyl groups is 1. The van der Waals surface area contributed by atoms with Crippen LogP contribution in [0.25, 0.3) is 4.96 Å². The van der Waals surface area contributed by atoms with Crippen molar-refractivity contribution in [1.29, 1.82) is 0 Å². The summed E-state index contributed by atoms with van der Waals surface area (Å²) in [6, 6.07) is 4.98. The number of aryl methyl sites for hydroxylation is 1. The Hall–Kier alpha value is -2.61. The van der Waals surface area contributed by atoms with Gasteiger partial charge in [-0.1, -0.05) is 6.07 Å². The molecule has 1 amide bonds. The van der Waals surface area contributed by atoms with Gasteiger partial charge in [-0.25, -0.2) is 4.98 Å². The summed E-state index contributed by atoms with van der Waals surface area (Å²) in [4.78, 5) is 17.0. The Kier molecular flexibility index (Phi) is 3.22. The number of amides is 1. The number of methoxy groups -OCH3 is 1. The normalized spacial score (nSPS) is 10.8. The van der Waals surface area contributed by atoms with Crippen LogP contribution in [0.5, 0.6) is 10.9 Å². The van der Waals surface area contributed by atoms with E-state index < -0.39 is 5.91 Å². The number of aromatic nitrogens is 3. The van der Waals surface area contributed by atoms with Gasteiger partial charge in [0.15, 0.2) is 5.69 Å². The number of hydrogen-bond donors (Lipinski definition) is 2. The van der Waals surface area contributed by atoms with Gasteiger partial charge in [-0.05, 0) is 36.0 Å². The molecule has 7 nitrogen and oxygen atoms in total. The van der Waals surface area contributed by atoms with Crippen LogP contribution < -0.4 is 10.1 Å². The molecule has 0 spiro atoms. The first-order valence-corrected chi connectivity index (χ1v) is 6.89. The van der Waals surface area contributed by atoms with Crippen LogP contribution in [0.3, 0.4) is 0 Å². The number of nitrogens with zero attached hydrogens (tertiary/aromatic N) is 3. The molecule has 21 heavy (non-hydrogen) atoms. The lowest BCUT2D eigenvalue weighted by Crippen LogP contribution is -2.14. The molecular formula is C13H12N4O3S. The zero-order chi connectivity index (χ0) is 15.0. The average Bonchev–Trinajstić information content (AvgIpc) is 3.02. The number of carbonyl (C=O) groups is 1. The smallest absolute Gasteiger partial charge is 0.294 e. The molecule has 0 radical (unpaired) electrons. The number of phenolic OH excluding ortho intramolecular Hbond substituents is 1. The van der Waals surface area contributed by atoms with Crippen LogP contribution in [0.15, 0.2) is 24.4 Å². The summed E-state index contributed by atoms with van der Waals surface area (Å²) in [7, 11) is 1.50. The Morgan fingerprint density at radius 2 is 2.29 bits per heavy atom. The van der Waals surface area contributed by atoms with Gasteiger partial charge < -0.3 is 15.2 Å². The van der Waals surface area contributed by atoms with Crippen LogP contribution in [0, 0.1) is 6.92 Å².